The first-order valence-electron chi connectivity index (χ1n) is 5.47. The number of nitro groups is 1. The summed E-state index contributed by atoms with van der Waals surface area (Å²) in [5.74, 6) is -0.548. The molecule has 1 aromatic rings. The molecule has 1 heterocycles. The number of likely N-dealkylation sites (N-methyl/N-ethyl adjacent to an activating group) is 1. The van der Waals surface area contributed by atoms with Gasteiger partial charge in [-0.1, -0.05) is 0 Å². The van der Waals surface area contributed by atoms with Crippen molar-refractivity contribution in [2.24, 2.45) is 0 Å². The number of nitrogens with zero attached hydrogens (tertiary/aromatic N) is 2. The fourth-order valence-corrected chi connectivity index (χ4v) is 2.06. The van der Waals surface area contributed by atoms with Crippen molar-refractivity contribution in [3.63, 3.8) is 0 Å². The van der Waals surface area contributed by atoms with Crippen molar-refractivity contribution in [2.45, 2.75) is 12.5 Å². The number of rotatable bonds is 3. The number of halogens is 1. The highest BCUT2D eigenvalue weighted by Gasteiger charge is 2.22. The Labute approximate surface area is 98.4 Å². The highest BCUT2D eigenvalue weighted by Crippen LogP contribution is 2.25. The number of anilines is 1. The normalized spacial score (nSPS) is 19.3. The Bertz CT molecular complexity index is 433. The first kappa shape index (κ1) is 11.8. The van der Waals surface area contributed by atoms with Gasteiger partial charge in [0.15, 0.2) is 5.82 Å². The van der Waals surface area contributed by atoms with E-state index < -0.39 is 10.7 Å². The molecule has 92 valence electrons. The third-order valence-electron chi connectivity index (χ3n) is 3.10. The van der Waals surface area contributed by atoms with Gasteiger partial charge in [-0.3, -0.25) is 10.1 Å². The maximum atomic E-state index is 13.7. The van der Waals surface area contributed by atoms with Gasteiger partial charge in [0, 0.05) is 25.7 Å². The van der Waals surface area contributed by atoms with Crippen LogP contribution in [-0.4, -0.2) is 31.1 Å². The molecular weight excluding hydrogens is 225 g/mol. The minimum Gasteiger partial charge on any atom is -0.368 e. The molecule has 0 spiro atoms. The summed E-state index contributed by atoms with van der Waals surface area (Å²) in [6.07, 6.45) is 0.951. The van der Waals surface area contributed by atoms with Gasteiger partial charge in [-0.25, -0.2) is 4.39 Å². The molecule has 2 rings (SSSR count). The van der Waals surface area contributed by atoms with Gasteiger partial charge in [-0.05, 0) is 19.0 Å². The summed E-state index contributed by atoms with van der Waals surface area (Å²) in [5.41, 5.74) is 0.188. The third kappa shape index (κ3) is 2.36. The van der Waals surface area contributed by atoms with Crippen molar-refractivity contribution in [3.8, 4) is 0 Å². The molecule has 0 aromatic heterocycles. The van der Waals surface area contributed by atoms with E-state index in [2.05, 4.69) is 5.32 Å². The number of benzene rings is 1. The highest BCUT2D eigenvalue weighted by atomic mass is 19.1. The van der Waals surface area contributed by atoms with E-state index in [0.717, 1.165) is 25.6 Å². The first-order chi connectivity index (χ1) is 8.09. The number of non-ortho nitro benzene ring substituents is 1. The molecule has 1 unspecified atom stereocenters. The summed E-state index contributed by atoms with van der Waals surface area (Å²) in [5, 5.41) is 13.7. The fourth-order valence-electron chi connectivity index (χ4n) is 2.06. The van der Waals surface area contributed by atoms with Crippen molar-refractivity contribution in [3.05, 3.63) is 34.1 Å². The number of nitrogens with one attached hydrogen (secondary N) is 1. The van der Waals surface area contributed by atoms with Gasteiger partial charge in [0.2, 0.25) is 0 Å². The Morgan fingerprint density at radius 2 is 2.35 bits per heavy atom. The van der Waals surface area contributed by atoms with Crippen LogP contribution in [0, 0.1) is 15.9 Å². The molecular formula is C11H14FN3O2. The molecule has 1 aliphatic rings. The predicted octanol–water partition coefficient (Wildman–Crippen LogP) is 1.53. The molecule has 17 heavy (non-hydrogen) atoms. The maximum Gasteiger partial charge on any atom is 0.272 e. The molecule has 1 atom stereocenters. The molecule has 1 aliphatic heterocycles. The van der Waals surface area contributed by atoms with Gasteiger partial charge in [-0.2, -0.15) is 0 Å². The van der Waals surface area contributed by atoms with Gasteiger partial charge < -0.3 is 10.2 Å². The van der Waals surface area contributed by atoms with E-state index in [9.17, 15) is 14.5 Å². The summed E-state index contributed by atoms with van der Waals surface area (Å²) in [7, 11) is 1.81. The van der Waals surface area contributed by atoms with Crippen LogP contribution in [0.1, 0.15) is 6.42 Å². The zero-order valence-electron chi connectivity index (χ0n) is 9.52. The van der Waals surface area contributed by atoms with E-state index in [1.807, 2.05) is 11.9 Å². The van der Waals surface area contributed by atoms with E-state index in [-0.39, 0.29) is 11.7 Å². The molecule has 5 nitrogen and oxygen atoms in total. The largest absolute Gasteiger partial charge is 0.368 e. The van der Waals surface area contributed by atoms with E-state index in [0.29, 0.717) is 5.69 Å². The van der Waals surface area contributed by atoms with E-state index in [1.165, 1.54) is 12.1 Å². The lowest BCUT2D eigenvalue weighted by molar-refractivity contribution is -0.385. The zero-order chi connectivity index (χ0) is 12.4. The molecule has 0 bridgehead atoms. The van der Waals surface area contributed by atoms with E-state index in [1.54, 1.807) is 0 Å². The minimum atomic E-state index is -0.593. The summed E-state index contributed by atoms with van der Waals surface area (Å²) in [6, 6.07) is 4.00. The molecule has 1 N–H and O–H groups in total. The van der Waals surface area contributed by atoms with Crippen LogP contribution in [0.25, 0.3) is 0 Å². The molecule has 1 saturated heterocycles. The van der Waals surface area contributed by atoms with Gasteiger partial charge in [-0.15, -0.1) is 0 Å². The smallest absolute Gasteiger partial charge is 0.272 e. The van der Waals surface area contributed by atoms with Gasteiger partial charge in [0.25, 0.3) is 5.69 Å². The summed E-state index contributed by atoms with van der Waals surface area (Å²) < 4.78 is 13.7. The quantitative estimate of drug-likeness (QED) is 0.642. The Balaban J connectivity index is 2.23. The second kappa shape index (κ2) is 4.67. The van der Waals surface area contributed by atoms with Crippen LogP contribution in [0.4, 0.5) is 15.8 Å². The summed E-state index contributed by atoms with van der Waals surface area (Å²) >= 11 is 0. The fraction of sp³-hybridized carbons (Fsp3) is 0.455. The predicted molar refractivity (Wildman–Crippen MR) is 62.7 cm³/mol. The Morgan fingerprint density at radius 1 is 1.59 bits per heavy atom. The lowest BCUT2D eigenvalue weighted by Gasteiger charge is -2.26. The lowest BCUT2D eigenvalue weighted by atomic mass is 10.2. The monoisotopic (exact) mass is 239 g/mol. The van der Waals surface area contributed by atoms with Crippen LogP contribution >= 0.6 is 0 Å². The highest BCUT2D eigenvalue weighted by molar-refractivity contribution is 5.52. The van der Waals surface area contributed by atoms with Crippen LogP contribution < -0.4 is 10.2 Å². The van der Waals surface area contributed by atoms with Crippen molar-refractivity contribution >= 4 is 11.4 Å². The van der Waals surface area contributed by atoms with Gasteiger partial charge in [0.1, 0.15) is 0 Å². The van der Waals surface area contributed by atoms with Crippen LogP contribution in [0.15, 0.2) is 18.2 Å². The number of nitro benzene ring substituents is 1. The van der Waals surface area contributed by atoms with Crippen LogP contribution in [0.3, 0.4) is 0 Å². The standard InChI is InChI=1S/C11H14FN3O2/c1-14(9-4-5-13-7-9)11-3-2-8(15(16)17)6-10(11)12/h2-3,6,9,13H,4-5,7H2,1H3. The maximum absolute atomic E-state index is 13.7. The van der Waals surface area contributed by atoms with Crippen molar-refractivity contribution < 1.29 is 9.31 Å². The molecule has 0 saturated carbocycles. The van der Waals surface area contributed by atoms with E-state index in [4.69, 9.17) is 0 Å². The molecule has 0 radical (unpaired) electrons. The third-order valence-corrected chi connectivity index (χ3v) is 3.10. The van der Waals surface area contributed by atoms with Crippen molar-refractivity contribution in [1.82, 2.24) is 5.32 Å². The Hall–Kier alpha value is -1.69. The van der Waals surface area contributed by atoms with Crippen molar-refractivity contribution in [2.75, 3.05) is 25.0 Å². The molecule has 1 fully saturated rings. The second-order valence-electron chi connectivity index (χ2n) is 4.15. The number of hydrogen-bond donors (Lipinski definition) is 1. The lowest BCUT2D eigenvalue weighted by Crippen LogP contribution is -2.33. The SMILES string of the molecule is CN(c1ccc([N+](=O)[O-])cc1F)C1CCNC1. The Morgan fingerprint density at radius 3 is 2.88 bits per heavy atom. The Kier molecular flexibility index (Phi) is 3.23. The van der Waals surface area contributed by atoms with Crippen LogP contribution in [0.5, 0.6) is 0 Å². The second-order valence-corrected chi connectivity index (χ2v) is 4.15. The zero-order valence-corrected chi connectivity index (χ0v) is 9.52. The molecule has 0 amide bonds. The first-order valence-corrected chi connectivity index (χ1v) is 5.47. The van der Waals surface area contributed by atoms with Gasteiger partial charge in [0.05, 0.1) is 16.7 Å². The summed E-state index contributed by atoms with van der Waals surface area (Å²) in [4.78, 5) is 11.7. The molecule has 1 aromatic carbocycles. The molecule has 6 heteroatoms. The average Bonchev–Trinajstić information content (AvgIpc) is 2.81. The summed E-state index contributed by atoms with van der Waals surface area (Å²) in [6.45, 7) is 1.73. The molecule has 0 aliphatic carbocycles. The van der Waals surface area contributed by atoms with Crippen molar-refractivity contribution in [1.29, 1.82) is 0 Å². The van der Waals surface area contributed by atoms with E-state index >= 15 is 0 Å². The van der Waals surface area contributed by atoms with Gasteiger partial charge >= 0.3 is 0 Å². The topological polar surface area (TPSA) is 58.4 Å². The minimum absolute atomic E-state index is 0.218. The van der Waals surface area contributed by atoms with Crippen LogP contribution in [-0.2, 0) is 0 Å². The number of hydrogen-bond acceptors (Lipinski definition) is 4. The average molecular weight is 239 g/mol. The van der Waals surface area contributed by atoms with Crippen LogP contribution in [0.2, 0.25) is 0 Å².